The Kier molecular flexibility index (Phi) is 5.82. The van der Waals surface area contributed by atoms with Crippen LogP contribution in [0.25, 0.3) is 0 Å². The van der Waals surface area contributed by atoms with Crippen LogP contribution in [0.3, 0.4) is 0 Å². The second kappa shape index (κ2) is 7.13. The second-order valence-electron chi connectivity index (χ2n) is 4.81. The molecule has 18 heavy (non-hydrogen) atoms. The van der Waals surface area contributed by atoms with Crippen LogP contribution < -0.4 is 5.73 Å². The lowest BCUT2D eigenvalue weighted by atomic mass is 10.1. The normalized spacial score (nSPS) is 14.3. The quantitative estimate of drug-likeness (QED) is 0.767. The molecular weight excluding hydrogens is 228 g/mol. The van der Waals surface area contributed by atoms with Crippen molar-refractivity contribution in [3.63, 3.8) is 0 Å². The molecule has 0 aromatic heterocycles. The van der Waals surface area contributed by atoms with E-state index in [-0.39, 0.29) is 12.1 Å². The van der Waals surface area contributed by atoms with E-state index < -0.39 is 6.04 Å². The Morgan fingerprint density at radius 3 is 2.50 bits per heavy atom. The van der Waals surface area contributed by atoms with Crippen molar-refractivity contribution in [3.05, 3.63) is 35.9 Å². The van der Waals surface area contributed by atoms with Gasteiger partial charge in [0, 0.05) is 6.54 Å². The largest absolute Gasteiger partial charge is 0.460 e. The molecule has 2 atom stereocenters. The van der Waals surface area contributed by atoms with Crippen molar-refractivity contribution in [2.75, 3.05) is 20.6 Å². The zero-order valence-electron chi connectivity index (χ0n) is 11.3. The average molecular weight is 250 g/mol. The third kappa shape index (κ3) is 5.29. The van der Waals surface area contributed by atoms with Gasteiger partial charge in [0.2, 0.25) is 0 Å². The van der Waals surface area contributed by atoms with E-state index in [1.807, 2.05) is 56.3 Å². The van der Waals surface area contributed by atoms with Gasteiger partial charge in [-0.3, -0.25) is 4.79 Å². The first-order chi connectivity index (χ1) is 8.49. The number of nitrogens with zero attached hydrogens (tertiary/aromatic N) is 1. The molecule has 0 saturated carbocycles. The van der Waals surface area contributed by atoms with Crippen LogP contribution in [0.4, 0.5) is 0 Å². The van der Waals surface area contributed by atoms with Gasteiger partial charge in [0.1, 0.15) is 12.1 Å². The lowest BCUT2D eigenvalue weighted by Gasteiger charge is -2.19. The summed E-state index contributed by atoms with van der Waals surface area (Å²) in [5.41, 5.74) is 6.88. The van der Waals surface area contributed by atoms with Crippen LogP contribution in [-0.2, 0) is 16.0 Å². The number of benzene rings is 1. The molecule has 2 N–H and O–H groups in total. The fourth-order valence-electron chi connectivity index (χ4n) is 1.79. The van der Waals surface area contributed by atoms with Crippen LogP contribution in [0.1, 0.15) is 12.5 Å². The molecule has 0 aliphatic rings. The molecule has 0 saturated heterocycles. The topological polar surface area (TPSA) is 55.6 Å². The standard InChI is InChI=1S/C14H22N2O2/c1-11(10-16(2)3)18-14(17)13(15)9-12-7-5-4-6-8-12/h4-8,11,13H,9-10,15H2,1-3H3/t11?,13-/m1/s1. The molecule has 0 amide bonds. The van der Waals surface area contributed by atoms with E-state index in [1.165, 1.54) is 0 Å². The molecule has 0 aliphatic carbocycles. The predicted octanol–water partition coefficient (Wildman–Crippen LogP) is 1.05. The highest BCUT2D eigenvalue weighted by Crippen LogP contribution is 2.04. The summed E-state index contributed by atoms with van der Waals surface area (Å²) in [6.45, 7) is 2.57. The van der Waals surface area contributed by atoms with Crippen LogP contribution in [-0.4, -0.2) is 43.7 Å². The lowest BCUT2D eigenvalue weighted by molar-refractivity contribution is -0.150. The predicted molar refractivity (Wildman–Crippen MR) is 72.2 cm³/mol. The minimum atomic E-state index is -0.600. The number of hydrogen-bond acceptors (Lipinski definition) is 4. The average Bonchev–Trinajstić information content (AvgIpc) is 2.28. The van der Waals surface area contributed by atoms with E-state index in [0.29, 0.717) is 13.0 Å². The Morgan fingerprint density at radius 2 is 1.94 bits per heavy atom. The first-order valence-corrected chi connectivity index (χ1v) is 6.13. The van der Waals surface area contributed by atoms with E-state index in [9.17, 15) is 4.79 Å². The second-order valence-corrected chi connectivity index (χ2v) is 4.81. The number of likely N-dealkylation sites (N-methyl/N-ethyl adjacent to an activating group) is 1. The molecule has 1 aromatic rings. The van der Waals surface area contributed by atoms with Crippen molar-refractivity contribution in [1.29, 1.82) is 0 Å². The van der Waals surface area contributed by atoms with Crippen LogP contribution in [0.15, 0.2) is 30.3 Å². The highest BCUT2D eigenvalue weighted by molar-refractivity contribution is 5.76. The summed E-state index contributed by atoms with van der Waals surface area (Å²) in [5, 5.41) is 0. The molecule has 0 bridgehead atoms. The number of ether oxygens (including phenoxy) is 1. The first kappa shape index (κ1) is 14.7. The molecular formula is C14H22N2O2. The molecule has 1 unspecified atom stereocenters. The molecule has 1 aromatic carbocycles. The highest BCUT2D eigenvalue weighted by atomic mass is 16.5. The van der Waals surface area contributed by atoms with Gasteiger partial charge in [0.25, 0.3) is 0 Å². The van der Waals surface area contributed by atoms with Gasteiger partial charge >= 0.3 is 5.97 Å². The van der Waals surface area contributed by atoms with E-state index in [4.69, 9.17) is 10.5 Å². The number of rotatable bonds is 6. The number of nitrogens with two attached hydrogens (primary N) is 1. The minimum absolute atomic E-state index is 0.144. The number of carbonyl (C=O) groups is 1. The Bertz CT molecular complexity index is 365. The van der Waals surface area contributed by atoms with Crippen LogP contribution >= 0.6 is 0 Å². The Hall–Kier alpha value is -1.39. The van der Waals surface area contributed by atoms with Crippen molar-refractivity contribution >= 4 is 5.97 Å². The maximum absolute atomic E-state index is 11.8. The molecule has 0 spiro atoms. The molecule has 100 valence electrons. The van der Waals surface area contributed by atoms with Gasteiger partial charge in [-0.25, -0.2) is 0 Å². The van der Waals surface area contributed by atoms with Gasteiger partial charge in [-0.2, -0.15) is 0 Å². The van der Waals surface area contributed by atoms with E-state index in [0.717, 1.165) is 5.56 Å². The molecule has 0 heterocycles. The van der Waals surface area contributed by atoms with Gasteiger partial charge < -0.3 is 15.4 Å². The van der Waals surface area contributed by atoms with Crippen molar-refractivity contribution in [3.8, 4) is 0 Å². The van der Waals surface area contributed by atoms with Gasteiger partial charge in [-0.15, -0.1) is 0 Å². The third-order valence-electron chi connectivity index (χ3n) is 2.54. The first-order valence-electron chi connectivity index (χ1n) is 6.13. The van der Waals surface area contributed by atoms with Gasteiger partial charge in [0.05, 0.1) is 0 Å². The maximum atomic E-state index is 11.8. The zero-order chi connectivity index (χ0) is 13.5. The lowest BCUT2D eigenvalue weighted by Crippen LogP contribution is -2.38. The molecule has 4 heteroatoms. The van der Waals surface area contributed by atoms with Gasteiger partial charge in [-0.1, -0.05) is 30.3 Å². The molecule has 0 aliphatic heterocycles. The smallest absolute Gasteiger partial charge is 0.323 e. The fraction of sp³-hybridized carbons (Fsp3) is 0.500. The van der Waals surface area contributed by atoms with E-state index in [2.05, 4.69) is 0 Å². The van der Waals surface area contributed by atoms with Gasteiger partial charge in [0.15, 0.2) is 0 Å². The molecule has 4 nitrogen and oxygen atoms in total. The summed E-state index contributed by atoms with van der Waals surface area (Å²) in [6.07, 6.45) is 0.364. The molecule has 0 radical (unpaired) electrons. The summed E-state index contributed by atoms with van der Waals surface area (Å²) in [4.78, 5) is 13.7. The Labute approximate surface area is 109 Å². The SMILES string of the molecule is CC(CN(C)C)OC(=O)[C@H](N)Cc1ccccc1. The summed E-state index contributed by atoms with van der Waals surface area (Å²) in [7, 11) is 3.88. The number of hydrogen-bond donors (Lipinski definition) is 1. The monoisotopic (exact) mass is 250 g/mol. The third-order valence-corrected chi connectivity index (χ3v) is 2.54. The Morgan fingerprint density at radius 1 is 1.33 bits per heavy atom. The zero-order valence-corrected chi connectivity index (χ0v) is 11.3. The van der Waals surface area contributed by atoms with Crippen molar-refractivity contribution in [1.82, 2.24) is 4.90 Å². The van der Waals surface area contributed by atoms with Gasteiger partial charge in [-0.05, 0) is 33.0 Å². The maximum Gasteiger partial charge on any atom is 0.323 e. The van der Waals surface area contributed by atoms with Crippen molar-refractivity contribution in [2.24, 2.45) is 5.73 Å². The minimum Gasteiger partial charge on any atom is -0.460 e. The van der Waals surface area contributed by atoms with Crippen molar-refractivity contribution < 1.29 is 9.53 Å². The Balaban J connectivity index is 2.42. The van der Waals surface area contributed by atoms with Crippen LogP contribution in [0.5, 0.6) is 0 Å². The number of carbonyl (C=O) groups excluding carboxylic acids is 1. The van der Waals surface area contributed by atoms with E-state index in [1.54, 1.807) is 0 Å². The summed E-state index contributed by atoms with van der Waals surface area (Å²) < 4.78 is 5.29. The highest BCUT2D eigenvalue weighted by Gasteiger charge is 2.18. The molecule has 1 rings (SSSR count). The van der Waals surface area contributed by atoms with Crippen LogP contribution in [0.2, 0.25) is 0 Å². The van der Waals surface area contributed by atoms with E-state index >= 15 is 0 Å². The van der Waals surface area contributed by atoms with Crippen LogP contribution in [0, 0.1) is 0 Å². The summed E-state index contributed by atoms with van der Waals surface area (Å²) >= 11 is 0. The van der Waals surface area contributed by atoms with Crippen molar-refractivity contribution in [2.45, 2.75) is 25.5 Å². The number of esters is 1. The molecule has 0 fully saturated rings. The summed E-state index contributed by atoms with van der Waals surface area (Å²) in [6, 6.07) is 9.11. The summed E-state index contributed by atoms with van der Waals surface area (Å²) in [5.74, 6) is -0.340. The fourth-order valence-corrected chi connectivity index (χ4v) is 1.79.